The third kappa shape index (κ3) is 3.12. The van der Waals surface area contributed by atoms with Crippen LogP contribution >= 0.6 is 0 Å². The van der Waals surface area contributed by atoms with Gasteiger partial charge in [0.15, 0.2) is 6.29 Å². The van der Waals surface area contributed by atoms with Gasteiger partial charge in [0.25, 0.3) is 0 Å². The number of sulfone groups is 1. The SMILES string of the molecule is COC(OC)c1ccccc1S(=O)(=O)c1ccc(F)cc1. The molecule has 0 aliphatic heterocycles. The number of halogens is 1. The maximum atomic E-state index is 13.0. The van der Waals surface area contributed by atoms with Crippen molar-refractivity contribution in [3.05, 3.63) is 59.9 Å². The zero-order valence-corrected chi connectivity index (χ0v) is 12.4. The van der Waals surface area contributed by atoms with Crippen LogP contribution in [-0.4, -0.2) is 22.6 Å². The molecule has 0 spiro atoms. The first-order valence-corrected chi connectivity index (χ1v) is 7.64. The molecule has 2 aromatic carbocycles. The molecule has 0 fully saturated rings. The van der Waals surface area contributed by atoms with Crippen LogP contribution in [0.15, 0.2) is 58.3 Å². The van der Waals surface area contributed by atoms with Crippen molar-refractivity contribution in [3.8, 4) is 0 Å². The number of hydrogen-bond acceptors (Lipinski definition) is 4. The second-order valence-corrected chi connectivity index (χ2v) is 6.22. The highest BCUT2D eigenvalue weighted by Crippen LogP contribution is 2.29. The minimum atomic E-state index is -3.78. The highest BCUT2D eigenvalue weighted by Gasteiger charge is 2.25. The molecule has 2 rings (SSSR count). The van der Waals surface area contributed by atoms with Crippen molar-refractivity contribution in [2.45, 2.75) is 16.1 Å². The molecule has 0 N–H and O–H groups in total. The molecule has 0 aromatic heterocycles. The highest BCUT2D eigenvalue weighted by atomic mass is 32.2. The minimum Gasteiger partial charge on any atom is -0.352 e. The number of benzene rings is 2. The van der Waals surface area contributed by atoms with Gasteiger partial charge in [0.05, 0.1) is 9.79 Å². The minimum absolute atomic E-state index is 0.0160. The quantitative estimate of drug-likeness (QED) is 0.629. The van der Waals surface area contributed by atoms with E-state index < -0.39 is 21.9 Å². The van der Waals surface area contributed by atoms with Gasteiger partial charge in [-0.3, -0.25) is 0 Å². The summed E-state index contributed by atoms with van der Waals surface area (Å²) in [4.78, 5) is 0.0904. The van der Waals surface area contributed by atoms with Crippen LogP contribution < -0.4 is 0 Å². The van der Waals surface area contributed by atoms with Crippen LogP contribution in [0.4, 0.5) is 4.39 Å². The Morgan fingerprint density at radius 3 is 2.10 bits per heavy atom. The normalized spacial score (nSPS) is 11.8. The topological polar surface area (TPSA) is 52.6 Å². The summed E-state index contributed by atoms with van der Waals surface area (Å²) in [7, 11) is -0.926. The van der Waals surface area contributed by atoms with E-state index in [-0.39, 0.29) is 9.79 Å². The van der Waals surface area contributed by atoms with E-state index in [1.807, 2.05) is 0 Å². The molecule has 6 heteroatoms. The van der Waals surface area contributed by atoms with Gasteiger partial charge in [0.2, 0.25) is 9.84 Å². The molecule has 0 aliphatic carbocycles. The van der Waals surface area contributed by atoms with Crippen molar-refractivity contribution in [2.24, 2.45) is 0 Å². The molecule has 0 bridgehead atoms. The largest absolute Gasteiger partial charge is 0.352 e. The molecule has 0 amide bonds. The summed E-state index contributed by atoms with van der Waals surface area (Å²) in [5.74, 6) is -0.492. The van der Waals surface area contributed by atoms with Crippen LogP contribution in [0.2, 0.25) is 0 Å². The lowest BCUT2D eigenvalue weighted by molar-refractivity contribution is -0.107. The fourth-order valence-corrected chi connectivity index (χ4v) is 3.49. The first-order chi connectivity index (χ1) is 10.0. The highest BCUT2D eigenvalue weighted by molar-refractivity contribution is 7.91. The van der Waals surface area contributed by atoms with Gasteiger partial charge in [0, 0.05) is 19.8 Å². The van der Waals surface area contributed by atoms with Crippen LogP contribution in [-0.2, 0) is 19.3 Å². The summed E-state index contributed by atoms with van der Waals surface area (Å²) >= 11 is 0. The zero-order chi connectivity index (χ0) is 15.5. The summed E-state index contributed by atoms with van der Waals surface area (Å²) in [5.41, 5.74) is 0.395. The van der Waals surface area contributed by atoms with Gasteiger partial charge in [0.1, 0.15) is 5.82 Å². The Hall–Kier alpha value is -1.76. The Bertz CT molecular complexity index is 707. The number of ether oxygens (including phenoxy) is 2. The van der Waals surface area contributed by atoms with E-state index in [1.54, 1.807) is 18.2 Å². The van der Waals surface area contributed by atoms with Gasteiger partial charge < -0.3 is 9.47 Å². The molecule has 0 aliphatic rings. The van der Waals surface area contributed by atoms with E-state index in [1.165, 1.54) is 32.4 Å². The first kappa shape index (κ1) is 15.6. The number of methoxy groups -OCH3 is 2. The lowest BCUT2D eigenvalue weighted by Gasteiger charge is -2.17. The maximum Gasteiger partial charge on any atom is 0.207 e. The predicted octanol–water partition coefficient (Wildman–Crippen LogP) is 2.95. The summed E-state index contributed by atoms with van der Waals surface area (Å²) < 4.78 is 48.6. The van der Waals surface area contributed by atoms with Crippen molar-refractivity contribution in [2.75, 3.05) is 14.2 Å². The summed E-state index contributed by atoms with van der Waals surface area (Å²) in [5, 5.41) is 0. The lowest BCUT2D eigenvalue weighted by Crippen LogP contribution is -2.11. The van der Waals surface area contributed by atoms with E-state index in [9.17, 15) is 12.8 Å². The maximum absolute atomic E-state index is 13.0. The zero-order valence-electron chi connectivity index (χ0n) is 11.6. The smallest absolute Gasteiger partial charge is 0.207 e. The van der Waals surface area contributed by atoms with Crippen molar-refractivity contribution < 1.29 is 22.3 Å². The van der Waals surface area contributed by atoms with Crippen LogP contribution in [0.1, 0.15) is 11.9 Å². The Morgan fingerprint density at radius 2 is 1.52 bits per heavy atom. The Balaban J connectivity index is 2.57. The van der Waals surface area contributed by atoms with Gasteiger partial charge in [-0.15, -0.1) is 0 Å². The summed E-state index contributed by atoms with van der Waals surface area (Å²) in [6, 6.07) is 11.1. The second kappa shape index (κ2) is 6.34. The Labute approximate surface area is 123 Å². The standard InChI is InChI=1S/C15H15FO4S/c1-19-15(20-2)13-5-3-4-6-14(13)21(17,18)12-9-7-11(16)8-10-12/h3-10,15H,1-2H3. The van der Waals surface area contributed by atoms with Crippen molar-refractivity contribution in [1.29, 1.82) is 0 Å². The molecule has 0 unspecified atom stereocenters. The third-order valence-corrected chi connectivity index (χ3v) is 4.86. The molecule has 112 valence electrons. The predicted molar refractivity (Wildman–Crippen MR) is 75.1 cm³/mol. The molecular formula is C15H15FO4S. The van der Waals surface area contributed by atoms with Gasteiger partial charge in [-0.25, -0.2) is 12.8 Å². The van der Waals surface area contributed by atoms with Gasteiger partial charge in [-0.05, 0) is 30.3 Å². The van der Waals surface area contributed by atoms with E-state index >= 15 is 0 Å². The van der Waals surface area contributed by atoms with Gasteiger partial charge in [-0.2, -0.15) is 0 Å². The first-order valence-electron chi connectivity index (χ1n) is 6.16. The molecule has 2 aromatic rings. The van der Waals surface area contributed by atoms with Crippen molar-refractivity contribution in [1.82, 2.24) is 0 Å². The van der Waals surface area contributed by atoms with Gasteiger partial charge in [-0.1, -0.05) is 18.2 Å². The van der Waals surface area contributed by atoms with E-state index in [4.69, 9.17) is 9.47 Å². The molecule has 0 radical (unpaired) electrons. The molecule has 0 saturated carbocycles. The van der Waals surface area contributed by atoms with Gasteiger partial charge >= 0.3 is 0 Å². The summed E-state index contributed by atoms with van der Waals surface area (Å²) in [6.07, 6.45) is -0.795. The summed E-state index contributed by atoms with van der Waals surface area (Å²) in [6.45, 7) is 0. The second-order valence-electron chi connectivity index (χ2n) is 4.30. The Morgan fingerprint density at radius 1 is 0.952 bits per heavy atom. The fourth-order valence-electron chi connectivity index (χ4n) is 2.01. The van der Waals surface area contributed by atoms with Crippen LogP contribution in [0.3, 0.4) is 0 Å². The molecule has 21 heavy (non-hydrogen) atoms. The van der Waals surface area contributed by atoms with E-state index in [0.29, 0.717) is 5.56 Å². The molecular weight excluding hydrogens is 295 g/mol. The Kier molecular flexibility index (Phi) is 4.72. The average molecular weight is 310 g/mol. The molecule has 0 atom stereocenters. The van der Waals surface area contributed by atoms with Crippen molar-refractivity contribution in [3.63, 3.8) is 0 Å². The molecule has 0 saturated heterocycles. The van der Waals surface area contributed by atoms with Crippen molar-refractivity contribution >= 4 is 9.84 Å². The van der Waals surface area contributed by atoms with E-state index in [2.05, 4.69) is 0 Å². The van der Waals surface area contributed by atoms with Crippen LogP contribution in [0.5, 0.6) is 0 Å². The molecule has 4 nitrogen and oxygen atoms in total. The fraction of sp³-hybridized carbons (Fsp3) is 0.200. The average Bonchev–Trinajstić information content (AvgIpc) is 2.49. The third-order valence-electron chi connectivity index (χ3n) is 3.01. The van der Waals surface area contributed by atoms with Crippen LogP contribution in [0.25, 0.3) is 0 Å². The molecule has 0 heterocycles. The monoisotopic (exact) mass is 310 g/mol. The number of hydrogen-bond donors (Lipinski definition) is 0. The van der Waals surface area contributed by atoms with E-state index in [0.717, 1.165) is 12.1 Å². The number of rotatable bonds is 5. The lowest BCUT2D eigenvalue weighted by atomic mass is 10.2. The van der Waals surface area contributed by atoms with Crippen LogP contribution in [0, 0.1) is 5.82 Å².